The summed E-state index contributed by atoms with van der Waals surface area (Å²) in [4.78, 5) is 17.4. The Labute approximate surface area is 183 Å². The fourth-order valence-corrected chi connectivity index (χ4v) is 4.49. The molecule has 1 fully saturated rings. The van der Waals surface area contributed by atoms with Crippen molar-refractivity contribution in [3.05, 3.63) is 62.8 Å². The van der Waals surface area contributed by atoms with Gasteiger partial charge in [-0.05, 0) is 36.4 Å². The molecule has 0 spiro atoms. The quantitative estimate of drug-likeness (QED) is 0.535. The molecule has 6 nitrogen and oxygen atoms in total. The average molecular weight is 474 g/mol. The maximum Gasteiger partial charge on any atom is 0.435 e. The second kappa shape index (κ2) is 8.56. The van der Waals surface area contributed by atoms with E-state index in [9.17, 15) is 22.4 Å². The van der Waals surface area contributed by atoms with Crippen LogP contribution in [0.2, 0.25) is 4.34 Å². The van der Waals surface area contributed by atoms with E-state index in [1.165, 1.54) is 16.2 Å². The van der Waals surface area contributed by atoms with Gasteiger partial charge < -0.3 is 4.90 Å². The number of thiophene rings is 1. The van der Waals surface area contributed by atoms with Gasteiger partial charge >= 0.3 is 6.18 Å². The Hall–Kier alpha value is -2.50. The fourth-order valence-electron chi connectivity index (χ4n) is 3.36. The molecule has 1 aliphatic heterocycles. The summed E-state index contributed by atoms with van der Waals surface area (Å²) < 4.78 is 55.7. The van der Waals surface area contributed by atoms with Gasteiger partial charge in [0, 0.05) is 37.6 Å². The summed E-state index contributed by atoms with van der Waals surface area (Å²) in [5.41, 5.74) is -2.09. The van der Waals surface area contributed by atoms with Crippen LogP contribution in [0.5, 0.6) is 0 Å². The summed E-state index contributed by atoms with van der Waals surface area (Å²) in [5.74, 6) is -1.43. The van der Waals surface area contributed by atoms with Gasteiger partial charge in [0.05, 0.1) is 10.0 Å². The Morgan fingerprint density at radius 2 is 1.74 bits per heavy atom. The van der Waals surface area contributed by atoms with Crippen LogP contribution in [0.15, 0.2) is 36.4 Å². The van der Waals surface area contributed by atoms with E-state index in [1.54, 1.807) is 0 Å². The predicted octanol–water partition coefficient (Wildman–Crippen LogP) is 4.10. The molecule has 1 aliphatic rings. The van der Waals surface area contributed by atoms with Crippen molar-refractivity contribution in [3.63, 3.8) is 0 Å². The standard InChI is InChI=1S/C19H16ClF4N5OS/c20-15-6-5-14(31-15)11-27-7-9-28(10-8-27)18(30)16-17(19(22,23)24)29(26-25-16)13-3-1-12(21)2-4-13/h1-6H,7-11H2. The van der Waals surface area contributed by atoms with Crippen LogP contribution in [0.1, 0.15) is 21.1 Å². The molecule has 2 aromatic heterocycles. The lowest BCUT2D eigenvalue weighted by Crippen LogP contribution is -2.48. The van der Waals surface area contributed by atoms with Crippen LogP contribution in [0.25, 0.3) is 5.69 Å². The van der Waals surface area contributed by atoms with Crippen molar-refractivity contribution in [2.45, 2.75) is 12.7 Å². The molecule has 12 heteroatoms. The summed E-state index contributed by atoms with van der Waals surface area (Å²) in [6.07, 6.45) is -4.87. The van der Waals surface area contributed by atoms with E-state index in [2.05, 4.69) is 15.2 Å². The number of carbonyl (C=O) groups is 1. The number of rotatable bonds is 4. The Balaban J connectivity index is 1.51. The van der Waals surface area contributed by atoms with Crippen LogP contribution >= 0.6 is 22.9 Å². The second-order valence-corrected chi connectivity index (χ2v) is 8.75. The van der Waals surface area contributed by atoms with Gasteiger partial charge in [-0.2, -0.15) is 13.2 Å². The van der Waals surface area contributed by atoms with E-state index in [4.69, 9.17) is 11.6 Å². The summed E-state index contributed by atoms with van der Waals surface area (Å²) in [7, 11) is 0. The smallest absolute Gasteiger partial charge is 0.335 e. The van der Waals surface area contributed by atoms with E-state index in [-0.39, 0.29) is 18.8 Å². The topological polar surface area (TPSA) is 54.3 Å². The Morgan fingerprint density at radius 1 is 1.06 bits per heavy atom. The molecular weight excluding hydrogens is 458 g/mol. The van der Waals surface area contributed by atoms with Crippen LogP contribution < -0.4 is 0 Å². The number of halogens is 5. The average Bonchev–Trinajstić information content (AvgIpc) is 3.35. The molecule has 1 amide bonds. The number of aromatic nitrogens is 3. The first-order chi connectivity index (χ1) is 14.7. The number of hydrogen-bond donors (Lipinski definition) is 0. The molecule has 1 saturated heterocycles. The van der Waals surface area contributed by atoms with E-state index in [0.717, 1.165) is 29.1 Å². The van der Waals surface area contributed by atoms with Gasteiger partial charge in [0.25, 0.3) is 5.91 Å². The second-order valence-electron chi connectivity index (χ2n) is 6.95. The summed E-state index contributed by atoms with van der Waals surface area (Å²) >= 11 is 7.40. The minimum absolute atomic E-state index is 0.0419. The third-order valence-corrected chi connectivity index (χ3v) is 6.10. The summed E-state index contributed by atoms with van der Waals surface area (Å²) in [5, 5.41) is 7.05. The van der Waals surface area contributed by atoms with E-state index in [0.29, 0.717) is 28.7 Å². The largest absolute Gasteiger partial charge is 0.435 e. The Bertz CT molecular complexity index is 1070. The third-order valence-electron chi connectivity index (χ3n) is 4.88. The van der Waals surface area contributed by atoms with E-state index >= 15 is 0 Å². The van der Waals surface area contributed by atoms with Gasteiger partial charge in [0.1, 0.15) is 5.82 Å². The maximum atomic E-state index is 13.8. The third kappa shape index (κ3) is 4.73. The van der Waals surface area contributed by atoms with Gasteiger partial charge in [-0.1, -0.05) is 16.8 Å². The van der Waals surface area contributed by atoms with Crippen LogP contribution in [-0.2, 0) is 12.7 Å². The van der Waals surface area contributed by atoms with Gasteiger partial charge in [-0.15, -0.1) is 16.4 Å². The van der Waals surface area contributed by atoms with E-state index in [1.807, 2.05) is 12.1 Å². The highest BCUT2D eigenvalue weighted by atomic mass is 35.5. The Kier molecular flexibility index (Phi) is 6.00. The number of amides is 1. The summed E-state index contributed by atoms with van der Waals surface area (Å²) in [6, 6.07) is 8.04. The maximum absolute atomic E-state index is 13.8. The predicted molar refractivity (Wildman–Crippen MR) is 107 cm³/mol. The molecular formula is C19H16ClF4N5OS. The van der Waals surface area contributed by atoms with Gasteiger partial charge in [-0.25, -0.2) is 9.07 Å². The zero-order chi connectivity index (χ0) is 22.2. The molecule has 3 aromatic rings. The molecule has 0 aliphatic carbocycles. The molecule has 4 rings (SSSR count). The molecule has 0 atom stereocenters. The van der Waals surface area contributed by atoms with Crippen molar-refractivity contribution >= 4 is 28.8 Å². The number of benzene rings is 1. The zero-order valence-corrected chi connectivity index (χ0v) is 17.5. The monoisotopic (exact) mass is 473 g/mol. The first kappa shape index (κ1) is 21.7. The Morgan fingerprint density at radius 3 is 2.32 bits per heavy atom. The molecule has 164 valence electrons. The first-order valence-corrected chi connectivity index (χ1v) is 10.5. The molecule has 0 saturated carbocycles. The SMILES string of the molecule is O=C(c1nnn(-c2ccc(F)cc2)c1C(F)(F)F)N1CCN(Cc2ccc(Cl)s2)CC1. The lowest BCUT2D eigenvalue weighted by Gasteiger charge is -2.34. The van der Waals surface area contributed by atoms with Gasteiger partial charge in [-0.3, -0.25) is 9.69 Å². The highest BCUT2D eigenvalue weighted by molar-refractivity contribution is 7.16. The van der Waals surface area contributed by atoms with Crippen molar-refractivity contribution in [1.82, 2.24) is 24.8 Å². The van der Waals surface area contributed by atoms with Crippen LogP contribution in [-0.4, -0.2) is 56.9 Å². The molecule has 31 heavy (non-hydrogen) atoms. The number of carbonyl (C=O) groups excluding carboxylic acids is 1. The molecule has 0 radical (unpaired) electrons. The van der Waals surface area contributed by atoms with Gasteiger partial charge in [0.2, 0.25) is 0 Å². The number of hydrogen-bond acceptors (Lipinski definition) is 5. The van der Waals surface area contributed by atoms with Crippen molar-refractivity contribution in [1.29, 1.82) is 0 Å². The number of alkyl halides is 3. The number of nitrogens with zero attached hydrogens (tertiary/aromatic N) is 5. The van der Waals surface area contributed by atoms with Crippen molar-refractivity contribution in [2.75, 3.05) is 26.2 Å². The molecule has 0 unspecified atom stereocenters. The highest BCUT2D eigenvalue weighted by Crippen LogP contribution is 2.33. The number of piperazine rings is 1. The minimum Gasteiger partial charge on any atom is -0.335 e. The molecule has 1 aromatic carbocycles. The van der Waals surface area contributed by atoms with Crippen molar-refractivity contribution < 1.29 is 22.4 Å². The van der Waals surface area contributed by atoms with Crippen LogP contribution in [0.3, 0.4) is 0 Å². The van der Waals surface area contributed by atoms with Crippen LogP contribution in [0, 0.1) is 5.82 Å². The molecule has 0 N–H and O–H groups in total. The van der Waals surface area contributed by atoms with Crippen molar-refractivity contribution in [2.24, 2.45) is 0 Å². The van der Waals surface area contributed by atoms with Gasteiger partial charge in [0.15, 0.2) is 11.4 Å². The first-order valence-electron chi connectivity index (χ1n) is 9.27. The molecule has 3 heterocycles. The summed E-state index contributed by atoms with van der Waals surface area (Å²) in [6.45, 7) is 2.20. The lowest BCUT2D eigenvalue weighted by molar-refractivity contribution is -0.143. The van der Waals surface area contributed by atoms with Crippen molar-refractivity contribution in [3.8, 4) is 5.69 Å². The zero-order valence-electron chi connectivity index (χ0n) is 15.9. The fraction of sp³-hybridized carbons (Fsp3) is 0.316. The lowest BCUT2D eigenvalue weighted by atomic mass is 10.2. The highest BCUT2D eigenvalue weighted by Gasteiger charge is 2.43. The normalized spacial score (nSPS) is 15.5. The molecule has 0 bridgehead atoms. The van der Waals surface area contributed by atoms with Crippen LogP contribution in [0.4, 0.5) is 17.6 Å². The minimum atomic E-state index is -4.87. The van der Waals surface area contributed by atoms with E-state index < -0.39 is 29.3 Å².